The molecule has 0 saturated carbocycles. The predicted octanol–water partition coefficient (Wildman–Crippen LogP) is 2.77. The van der Waals surface area contributed by atoms with Crippen LogP contribution in [0.15, 0.2) is 18.2 Å². The Morgan fingerprint density at radius 1 is 1.04 bits per heavy atom. The smallest absolute Gasteiger partial charge is 0.243 e. The van der Waals surface area contributed by atoms with Gasteiger partial charge in [-0.3, -0.25) is 4.79 Å². The number of nitrogens with zero attached hydrogens (tertiary/aromatic N) is 2. The quantitative estimate of drug-likeness (QED) is 0.611. The summed E-state index contributed by atoms with van der Waals surface area (Å²) in [5.74, 6) is -0.00608. The van der Waals surface area contributed by atoms with E-state index in [2.05, 4.69) is 54.9 Å². The van der Waals surface area contributed by atoms with E-state index in [4.69, 9.17) is 0 Å². The Balaban J connectivity index is 1.68. The van der Waals surface area contributed by atoms with Gasteiger partial charge in [0.1, 0.15) is 0 Å². The van der Waals surface area contributed by atoms with Crippen LogP contribution in [0, 0.1) is 20.8 Å². The third-order valence-corrected chi connectivity index (χ3v) is 5.16. The SMILES string of the molecule is CCN1CCN(CCCNC(=O)/C=C/c2cc(C)c(C)cc2C)CC1. The molecule has 1 N–H and O–H groups in total. The van der Waals surface area contributed by atoms with Gasteiger partial charge in [-0.1, -0.05) is 19.1 Å². The average Bonchev–Trinajstić information content (AvgIpc) is 2.61. The number of hydrogen-bond donors (Lipinski definition) is 1. The Morgan fingerprint density at radius 2 is 1.68 bits per heavy atom. The number of carbonyl (C=O) groups is 1. The van der Waals surface area contributed by atoms with Gasteiger partial charge in [-0.2, -0.15) is 0 Å². The van der Waals surface area contributed by atoms with E-state index in [1.165, 1.54) is 29.8 Å². The van der Waals surface area contributed by atoms with E-state index in [9.17, 15) is 4.79 Å². The second kappa shape index (κ2) is 9.73. The Labute approximate surface area is 152 Å². The molecular formula is C21H33N3O. The monoisotopic (exact) mass is 343 g/mol. The fourth-order valence-corrected chi connectivity index (χ4v) is 3.23. The van der Waals surface area contributed by atoms with Crippen LogP contribution in [0.25, 0.3) is 6.08 Å². The molecule has 0 bridgehead atoms. The molecule has 138 valence electrons. The molecule has 1 aliphatic rings. The molecule has 1 amide bonds. The molecule has 0 atom stereocenters. The lowest BCUT2D eigenvalue weighted by atomic mass is 10.0. The van der Waals surface area contributed by atoms with Crippen LogP contribution in [0.2, 0.25) is 0 Å². The molecule has 1 aromatic rings. The number of hydrogen-bond acceptors (Lipinski definition) is 3. The number of amides is 1. The van der Waals surface area contributed by atoms with Gasteiger partial charge in [0.25, 0.3) is 0 Å². The van der Waals surface area contributed by atoms with E-state index in [-0.39, 0.29) is 5.91 Å². The van der Waals surface area contributed by atoms with Crippen LogP contribution in [0.1, 0.15) is 35.6 Å². The van der Waals surface area contributed by atoms with Gasteiger partial charge in [0.2, 0.25) is 5.91 Å². The zero-order valence-corrected chi connectivity index (χ0v) is 16.3. The number of likely N-dealkylation sites (N-methyl/N-ethyl adjacent to an activating group) is 1. The van der Waals surface area contributed by atoms with Crippen molar-refractivity contribution in [3.8, 4) is 0 Å². The minimum Gasteiger partial charge on any atom is -0.353 e. The van der Waals surface area contributed by atoms with Crippen molar-refractivity contribution < 1.29 is 4.79 Å². The molecule has 2 rings (SSSR count). The van der Waals surface area contributed by atoms with E-state index in [0.717, 1.165) is 44.7 Å². The summed E-state index contributed by atoms with van der Waals surface area (Å²) in [5, 5.41) is 3.00. The van der Waals surface area contributed by atoms with E-state index in [1.807, 2.05) is 6.08 Å². The normalized spacial score (nSPS) is 16.5. The minimum atomic E-state index is -0.00608. The highest BCUT2D eigenvalue weighted by atomic mass is 16.1. The first-order valence-electron chi connectivity index (χ1n) is 9.48. The van der Waals surface area contributed by atoms with Gasteiger partial charge in [-0.05, 0) is 68.6 Å². The molecule has 1 aromatic carbocycles. The van der Waals surface area contributed by atoms with E-state index < -0.39 is 0 Å². The fourth-order valence-electron chi connectivity index (χ4n) is 3.23. The van der Waals surface area contributed by atoms with E-state index in [1.54, 1.807) is 6.08 Å². The molecule has 0 spiro atoms. The van der Waals surface area contributed by atoms with Gasteiger partial charge in [-0.25, -0.2) is 0 Å². The second-order valence-electron chi connectivity index (χ2n) is 7.05. The summed E-state index contributed by atoms with van der Waals surface area (Å²) >= 11 is 0. The molecule has 1 saturated heterocycles. The number of benzene rings is 1. The van der Waals surface area contributed by atoms with Crippen molar-refractivity contribution in [2.75, 3.05) is 45.8 Å². The van der Waals surface area contributed by atoms with Crippen molar-refractivity contribution in [1.82, 2.24) is 15.1 Å². The topological polar surface area (TPSA) is 35.6 Å². The van der Waals surface area contributed by atoms with Crippen LogP contribution in [0.3, 0.4) is 0 Å². The van der Waals surface area contributed by atoms with Crippen molar-refractivity contribution in [3.63, 3.8) is 0 Å². The highest BCUT2D eigenvalue weighted by Crippen LogP contribution is 2.16. The van der Waals surface area contributed by atoms with E-state index >= 15 is 0 Å². The maximum absolute atomic E-state index is 12.0. The predicted molar refractivity (Wildman–Crippen MR) is 106 cm³/mol. The second-order valence-corrected chi connectivity index (χ2v) is 7.05. The summed E-state index contributed by atoms with van der Waals surface area (Å²) in [6.45, 7) is 16.1. The molecule has 1 fully saturated rings. The van der Waals surface area contributed by atoms with Gasteiger partial charge < -0.3 is 15.1 Å². The summed E-state index contributed by atoms with van der Waals surface area (Å²) in [5.41, 5.74) is 4.87. The van der Waals surface area contributed by atoms with Gasteiger partial charge in [0.15, 0.2) is 0 Å². The lowest BCUT2D eigenvalue weighted by Gasteiger charge is -2.33. The fraction of sp³-hybridized carbons (Fsp3) is 0.571. The molecule has 1 aliphatic heterocycles. The molecule has 0 aromatic heterocycles. The first-order chi connectivity index (χ1) is 12.0. The maximum Gasteiger partial charge on any atom is 0.243 e. The summed E-state index contributed by atoms with van der Waals surface area (Å²) in [7, 11) is 0. The summed E-state index contributed by atoms with van der Waals surface area (Å²) < 4.78 is 0. The Bertz CT molecular complexity index is 601. The Morgan fingerprint density at radius 3 is 2.36 bits per heavy atom. The minimum absolute atomic E-state index is 0.00608. The number of carbonyl (C=O) groups excluding carboxylic acids is 1. The molecule has 0 aliphatic carbocycles. The third kappa shape index (κ3) is 6.29. The maximum atomic E-state index is 12.0. The largest absolute Gasteiger partial charge is 0.353 e. The Hall–Kier alpha value is -1.65. The number of aryl methyl sites for hydroxylation is 3. The molecule has 4 nitrogen and oxygen atoms in total. The van der Waals surface area contributed by atoms with Crippen LogP contribution in [0.4, 0.5) is 0 Å². The average molecular weight is 344 g/mol. The summed E-state index contributed by atoms with van der Waals surface area (Å²) in [6.07, 6.45) is 4.58. The van der Waals surface area contributed by atoms with Crippen LogP contribution >= 0.6 is 0 Å². The molecule has 1 heterocycles. The van der Waals surface area contributed by atoms with E-state index in [0.29, 0.717) is 0 Å². The zero-order chi connectivity index (χ0) is 18.2. The standard InChI is InChI=1S/C21H33N3O/c1-5-23-11-13-24(14-12-23)10-6-9-22-21(25)8-7-20-16-18(3)17(2)15-19(20)4/h7-8,15-16H,5-6,9-14H2,1-4H3,(H,22,25)/b8-7+. The van der Waals surface area contributed by atoms with Crippen LogP contribution in [-0.2, 0) is 4.79 Å². The molecule has 0 radical (unpaired) electrons. The zero-order valence-electron chi connectivity index (χ0n) is 16.3. The molecule has 0 unspecified atom stereocenters. The van der Waals surface area contributed by atoms with Crippen molar-refractivity contribution in [2.45, 2.75) is 34.1 Å². The van der Waals surface area contributed by atoms with Gasteiger partial charge >= 0.3 is 0 Å². The molecular weight excluding hydrogens is 310 g/mol. The van der Waals surface area contributed by atoms with Gasteiger partial charge in [0.05, 0.1) is 0 Å². The van der Waals surface area contributed by atoms with Crippen molar-refractivity contribution in [1.29, 1.82) is 0 Å². The molecule has 25 heavy (non-hydrogen) atoms. The van der Waals surface area contributed by atoms with Gasteiger partial charge in [0, 0.05) is 38.8 Å². The number of rotatable bonds is 7. The summed E-state index contributed by atoms with van der Waals surface area (Å²) in [6, 6.07) is 4.32. The van der Waals surface area contributed by atoms with Crippen molar-refractivity contribution in [3.05, 3.63) is 40.5 Å². The van der Waals surface area contributed by atoms with Crippen LogP contribution < -0.4 is 5.32 Å². The Kier molecular flexibility index (Phi) is 7.66. The van der Waals surface area contributed by atoms with Crippen LogP contribution in [-0.4, -0.2) is 61.5 Å². The first kappa shape index (κ1) is 19.7. The highest BCUT2D eigenvalue weighted by molar-refractivity contribution is 5.91. The van der Waals surface area contributed by atoms with Crippen LogP contribution in [0.5, 0.6) is 0 Å². The third-order valence-electron chi connectivity index (χ3n) is 5.16. The first-order valence-corrected chi connectivity index (χ1v) is 9.48. The molecule has 4 heteroatoms. The number of piperazine rings is 1. The summed E-state index contributed by atoms with van der Waals surface area (Å²) in [4.78, 5) is 17.0. The van der Waals surface area contributed by atoms with Crippen molar-refractivity contribution in [2.24, 2.45) is 0 Å². The van der Waals surface area contributed by atoms with Crippen molar-refractivity contribution >= 4 is 12.0 Å². The van der Waals surface area contributed by atoms with Gasteiger partial charge in [-0.15, -0.1) is 0 Å². The lowest BCUT2D eigenvalue weighted by molar-refractivity contribution is -0.116. The number of nitrogens with one attached hydrogen (secondary N) is 1. The lowest BCUT2D eigenvalue weighted by Crippen LogP contribution is -2.46. The highest BCUT2D eigenvalue weighted by Gasteiger charge is 2.14.